The molecular formula is C18H28N4O3. The third-order valence-corrected chi connectivity index (χ3v) is 4.24. The molecule has 0 saturated heterocycles. The normalized spacial score (nSPS) is 12.8. The highest BCUT2D eigenvalue weighted by molar-refractivity contribution is 5.98. The molecule has 7 heteroatoms. The van der Waals surface area contributed by atoms with Gasteiger partial charge in [-0.15, -0.1) is 0 Å². The van der Waals surface area contributed by atoms with Crippen LogP contribution in [0.15, 0.2) is 24.3 Å². The van der Waals surface area contributed by atoms with Crippen molar-refractivity contribution in [3.05, 3.63) is 29.8 Å². The molecule has 0 fully saturated rings. The molecule has 138 valence electrons. The summed E-state index contributed by atoms with van der Waals surface area (Å²) in [5.74, 6) is -0.442. The highest BCUT2D eigenvalue weighted by Crippen LogP contribution is 2.14. The number of hydrogen-bond donors (Lipinski definition) is 3. The number of carbonyl (C=O) groups excluding carboxylic acids is 3. The van der Waals surface area contributed by atoms with Crippen LogP contribution in [-0.2, 0) is 4.79 Å². The lowest BCUT2D eigenvalue weighted by Crippen LogP contribution is -2.49. The average molecular weight is 348 g/mol. The summed E-state index contributed by atoms with van der Waals surface area (Å²) in [6.45, 7) is 8.94. The summed E-state index contributed by atoms with van der Waals surface area (Å²) in [5.41, 5.74) is 6.27. The fourth-order valence-corrected chi connectivity index (χ4v) is 2.46. The number of anilines is 1. The van der Waals surface area contributed by atoms with Gasteiger partial charge in [0.2, 0.25) is 5.91 Å². The first-order chi connectivity index (χ1) is 11.8. The SMILES string of the molecule is CCC(C)C(NC(N)=O)C(=O)Nc1ccc(C(=O)N(CC)CC)cc1. The minimum atomic E-state index is -0.736. The van der Waals surface area contributed by atoms with Crippen molar-refractivity contribution < 1.29 is 14.4 Å². The number of amides is 4. The van der Waals surface area contributed by atoms with Crippen LogP contribution < -0.4 is 16.4 Å². The van der Waals surface area contributed by atoms with E-state index < -0.39 is 12.1 Å². The van der Waals surface area contributed by atoms with Crippen LogP contribution in [0.4, 0.5) is 10.5 Å². The van der Waals surface area contributed by atoms with Crippen molar-refractivity contribution in [2.75, 3.05) is 18.4 Å². The maximum atomic E-state index is 12.4. The zero-order chi connectivity index (χ0) is 19.0. The largest absolute Gasteiger partial charge is 0.352 e. The van der Waals surface area contributed by atoms with Crippen LogP contribution in [0.5, 0.6) is 0 Å². The quantitative estimate of drug-likeness (QED) is 0.670. The smallest absolute Gasteiger partial charge is 0.312 e. The van der Waals surface area contributed by atoms with Crippen LogP contribution in [-0.4, -0.2) is 41.9 Å². The summed E-state index contributed by atoms with van der Waals surface area (Å²) < 4.78 is 0. The van der Waals surface area contributed by atoms with Crippen molar-refractivity contribution >= 4 is 23.5 Å². The van der Waals surface area contributed by atoms with Gasteiger partial charge in [-0.2, -0.15) is 0 Å². The van der Waals surface area contributed by atoms with Crippen molar-refractivity contribution in [3.63, 3.8) is 0 Å². The van der Waals surface area contributed by atoms with Gasteiger partial charge in [-0.05, 0) is 44.0 Å². The Kier molecular flexibility index (Phi) is 7.91. The van der Waals surface area contributed by atoms with Gasteiger partial charge in [0.1, 0.15) is 6.04 Å². The minimum absolute atomic E-state index is 0.0456. The lowest BCUT2D eigenvalue weighted by atomic mass is 9.98. The molecule has 2 unspecified atom stereocenters. The average Bonchev–Trinajstić information content (AvgIpc) is 2.60. The molecule has 0 heterocycles. The maximum absolute atomic E-state index is 12.4. The number of benzene rings is 1. The second kappa shape index (κ2) is 9.66. The summed E-state index contributed by atoms with van der Waals surface area (Å²) in [7, 11) is 0. The van der Waals surface area contributed by atoms with Gasteiger partial charge >= 0.3 is 6.03 Å². The highest BCUT2D eigenvalue weighted by atomic mass is 16.2. The molecule has 1 aromatic carbocycles. The van der Waals surface area contributed by atoms with E-state index in [9.17, 15) is 14.4 Å². The first kappa shape index (κ1) is 20.5. The predicted molar refractivity (Wildman–Crippen MR) is 98.3 cm³/mol. The van der Waals surface area contributed by atoms with Crippen LogP contribution in [0, 0.1) is 5.92 Å². The van der Waals surface area contributed by atoms with Gasteiger partial charge < -0.3 is 21.3 Å². The van der Waals surface area contributed by atoms with Gasteiger partial charge in [0.05, 0.1) is 0 Å². The summed E-state index contributed by atoms with van der Waals surface area (Å²) >= 11 is 0. The molecule has 0 aliphatic rings. The van der Waals surface area contributed by atoms with Crippen molar-refractivity contribution in [3.8, 4) is 0 Å². The van der Waals surface area contributed by atoms with Crippen LogP contribution in [0.1, 0.15) is 44.5 Å². The zero-order valence-corrected chi connectivity index (χ0v) is 15.3. The third-order valence-electron chi connectivity index (χ3n) is 4.24. The number of nitrogens with zero attached hydrogens (tertiary/aromatic N) is 1. The monoisotopic (exact) mass is 348 g/mol. The van der Waals surface area contributed by atoms with E-state index in [4.69, 9.17) is 5.73 Å². The van der Waals surface area contributed by atoms with E-state index in [1.807, 2.05) is 27.7 Å². The number of rotatable bonds is 8. The fraction of sp³-hybridized carbons (Fsp3) is 0.500. The van der Waals surface area contributed by atoms with Gasteiger partial charge in [0.25, 0.3) is 5.91 Å². The second-order valence-electron chi connectivity index (χ2n) is 5.92. The van der Waals surface area contributed by atoms with E-state index in [1.165, 1.54) is 0 Å². The zero-order valence-electron chi connectivity index (χ0n) is 15.3. The summed E-state index contributed by atoms with van der Waals surface area (Å²) in [6, 6.07) is 5.26. The summed E-state index contributed by atoms with van der Waals surface area (Å²) in [4.78, 5) is 37.5. The third kappa shape index (κ3) is 5.77. The number of nitrogens with one attached hydrogen (secondary N) is 2. The molecule has 0 radical (unpaired) electrons. The Balaban J connectivity index is 2.83. The number of carbonyl (C=O) groups is 3. The van der Waals surface area contributed by atoms with E-state index in [2.05, 4.69) is 10.6 Å². The van der Waals surface area contributed by atoms with Crippen molar-refractivity contribution in [1.29, 1.82) is 0 Å². The molecule has 0 bridgehead atoms. The summed E-state index contributed by atoms with van der Waals surface area (Å²) in [6.07, 6.45) is 0.718. The van der Waals surface area contributed by atoms with E-state index in [-0.39, 0.29) is 17.7 Å². The predicted octanol–water partition coefficient (Wildman–Crippen LogP) is 2.19. The Morgan fingerprint density at radius 3 is 2.08 bits per heavy atom. The Morgan fingerprint density at radius 2 is 1.64 bits per heavy atom. The highest BCUT2D eigenvalue weighted by Gasteiger charge is 2.25. The standard InChI is InChI=1S/C18H28N4O3/c1-5-12(4)15(21-18(19)25)16(23)20-14-10-8-13(9-11-14)17(24)22(6-2)7-3/h8-12,15H,5-7H2,1-4H3,(H,20,23)(H3,19,21,25). The van der Waals surface area contributed by atoms with Crippen molar-refractivity contribution in [2.45, 2.75) is 40.2 Å². The van der Waals surface area contributed by atoms with Crippen molar-refractivity contribution in [1.82, 2.24) is 10.2 Å². The Hall–Kier alpha value is -2.57. The van der Waals surface area contributed by atoms with E-state index in [0.717, 1.165) is 6.42 Å². The van der Waals surface area contributed by atoms with Crippen LogP contribution >= 0.6 is 0 Å². The molecule has 4 amide bonds. The van der Waals surface area contributed by atoms with Gasteiger partial charge in [0, 0.05) is 24.3 Å². The van der Waals surface area contributed by atoms with Crippen LogP contribution in [0.25, 0.3) is 0 Å². The first-order valence-electron chi connectivity index (χ1n) is 8.60. The Bertz CT molecular complexity index is 597. The van der Waals surface area contributed by atoms with E-state index in [1.54, 1.807) is 29.2 Å². The molecule has 2 atom stereocenters. The molecule has 1 aromatic rings. The lowest BCUT2D eigenvalue weighted by Gasteiger charge is -2.22. The minimum Gasteiger partial charge on any atom is -0.352 e. The molecule has 7 nitrogen and oxygen atoms in total. The fourth-order valence-electron chi connectivity index (χ4n) is 2.46. The molecular weight excluding hydrogens is 320 g/mol. The maximum Gasteiger partial charge on any atom is 0.312 e. The Labute approximate surface area is 148 Å². The van der Waals surface area contributed by atoms with Crippen molar-refractivity contribution in [2.24, 2.45) is 11.7 Å². The number of nitrogens with two attached hydrogens (primary N) is 1. The van der Waals surface area contributed by atoms with Gasteiger partial charge in [0.15, 0.2) is 0 Å². The number of hydrogen-bond acceptors (Lipinski definition) is 3. The molecule has 0 spiro atoms. The molecule has 0 aliphatic carbocycles. The molecule has 25 heavy (non-hydrogen) atoms. The van der Waals surface area contributed by atoms with Gasteiger partial charge in [-0.25, -0.2) is 4.79 Å². The van der Waals surface area contributed by atoms with Gasteiger partial charge in [-0.1, -0.05) is 20.3 Å². The number of urea groups is 1. The van der Waals surface area contributed by atoms with Crippen LogP contribution in [0.3, 0.4) is 0 Å². The molecule has 0 aromatic heterocycles. The second-order valence-corrected chi connectivity index (χ2v) is 5.92. The molecule has 0 aliphatic heterocycles. The molecule has 4 N–H and O–H groups in total. The molecule has 1 rings (SSSR count). The molecule has 0 saturated carbocycles. The topological polar surface area (TPSA) is 105 Å². The van der Waals surface area contributed by atoms with E-state index in [0.29, 0.717) is 24.3 Å². The van der Waals surface area contributed by atoms with Gasteiger partial charge in [-0.3, -0.25) is 9.59 Å². The summed E-state index contributed by atoms with van der Waals surface area (Å²) in [5, 5.41) is 5.23. The van der Waals surface area contributed by atoms with Crippen LogP contribution in [0.2, 0.25) is 0 Å². The van der Waals surface area contributed by atoms with E-state index >= 15 is 0 Å². The number of primary amides is 1. The lowest BCUT2D eigenvalue weighted by molar-refractivity contribution is -0.119. The Morgan fingerprint density at radius 1 is 1.08 bits per heavy atom. The first-order valence-corrected chi connectivity index (χ1v) is 8.60.